The zero-order valence-electron chi connectivity index (χ0n) is 13.2. The number of carbonyl (C=O) groups is 1. The maximum Gasteiger partial charge on any atom is 0.231 e. The molecule has 1 aromatic carbocycles. The number of nitrogens with zero attached hydrogens (tertiary/aromatic N) is 1. The van der Waals surface area contributed by atoms with E-state index in [0.717, 1.165) is 39.0 Å². The number of rotatable bonds is 2. The van der Waals surface area contributed by atoms with Gasteiger partial charge in [-0.1, -0.05) is 44.5 Å². The molecular weight excluding hydrogens is 260 g/mol. The predicted molar refractivity (Wildman–Crippen MR) is 85.1 cm³/mol. The normalized spacial score (nSPS) is 24.5. The Balaban J connectivity index is 1.73. The summed E-state index contributed by atoms with van der Waals surface area (Å²) in [6, 6.07) is 8.36. The molecule has 0 aromatic heterocycles. The van der Waals surface area contributed by atoms with Gasteiger partial charge in [0.05, 0.1) is 5.92 Å². The fraction of sp³-hybridized carbons (Fsp3) is 0.611. The molecule has 3 heteroatoms. The minimum Gasteiger partial charge on any atom is -0.342 e. The summed E-state index contributed by atoms with van der Waals surface area (Å²) in [5.74, 6) is 0.314. The third-order valence-electron chi connectivity index (χ3n) is 5.53. The van der Waals surface area contributed by atoms with Gasteiger partial charge in [0, 0.05) is 26.2 Å². The van der Waals surface area contributed by atoms with Gasteiger partial charge in [0.1, 0.15) is 0 Å². The summed E-state index contributed by atoms with van der Waals surface area (Å²) in [6.45, 7) is 8.11. The second-order valence-electron chi connectivity index (χ2n) is 6.87. The maximum absolute atomic E-state index is 12.9. The Morgan fingerprint density at radius 1 is 1.33 bits per heavy atom. The van der Waals surface area contributed by atoms with Gasteiger partial charge >= 0.3 is 0 Å². The van der Waals surface area contributed by atoms with Gasteiger partial charge in [0.15, 0.2) is 0 Å². The molecule has 0 aliphatic carbocycles. The number of fused-ring (bicyclic) bond motifs is 1. The van der Waals surface area contributed by atoms with Gasteiger partial charge in [-0.15, -0.1) is 0 Å². The van der Waals surface area contributed by atoms with Crippen LogP contribution in [0.2, 0.25) is 0 Å². The van der Waals surface area contributed by atoms with Gasteiger partial charge in [-0.05, 0) is 29.4 Å². The van der Waals surface area contributed by atoms with Gasteiger partial charge in [-0.3, -0.25) is 4.79 Å². The summed E-state index contributed by atoms with van der Waals surface area (Å²) in [6.07, 6.45) is 3.48. The Kier molecular flexibility index (Phi) is 4.03. The molecule has 3 nitrogen and oxygen atoms in total. The van der Waals surface area contributed by atoms with Crippen LogP contribution in [0, 0.1) is 5.41 Å². The first-order chi connectivity index (χ1) is 10.1. The molecule has 0 saturated carbocycles. The van der Waals surface area contributed by atoms with Crippen molar-refractivity contribution in [2.75, 3.05) is 19.6 Å². The highest BCUT2D eigenvalue weighted by molar-refractivity contribution is 5.85. The van der Waals surface area contributed by atoms with E-state index in [-0.39, 0.29) is 5.92 Å². The number of likely N-dealkylation sites (tertiary alicyclic amines) is 1. The van der Waals surface area contributed by atoms with E-state index < -0.39 is 0 Å². The van der Waals surface area contributed by atoms with Crippen molar-refractivity contribution in [1.29, 1.82) is 0 Å². The quantitative estimate of drug-likeness (QED) is 0.906. The second-order valence-corrected chi connectivity index (χ2v) is 6.87. The molecule has 1 amide bonds. The van der Waals surface area contributed by atoms with E-state index in [0.29, 0.717) is 11.3 Å². The van der Waals surface area contributed by atoms with E-state index in [9.17, 15) is 4.79 Å². The van der Waals surface area contributed by atoms with E-state index in [4.69, 9.17) is 0 Å². The van der Waals surface area contributed by atoms with Crippen LogP contribution >= 0.6 is 0 Å². The summed E-state index contributed by atoms with van der Waals surface area (Å²) in [7, 11) is 0. The van der Waals surface area contributed by atoms with Crippen LogP contribution in [0.1, 0.15) is 50.2 Å². The standard InChI is InChI=1S/C18H26N2O/c1-3-18(2)8-10-20(11-9-18)17(21)16-13-19-12-14-6-4-5-7-15(14)16/h4-7,16,19H,3,8-13H2,1-2H3. The fourth-order valence-corrected chi connectivity index (χ4v) is 3.56. The molecule has 1 fully saturated rings. The van der Waals surface area contributed by atoms with Gasteiger partial charge in [0.2, 0.25) is 5.91 Å². The monoisotopic (exact) mass is 286 g/mol. The average molecular weight is 286 g/mol. The summed E-state index contributed by atoms with van der Waals surface area (Å²) in [4.78, 5) is 15.0. The molecule has 2 aliphatic heterocycles. The molecule has 114 valence electrons. The number of hydrogen-bond donors (Lipinski definition) is 1. The number of benzene rings is 1. The second kappa shape index (κ2) is 5.80. The highest BCUT2D eigenvalue weighted by Gasteiger charge is 2.34. The molecule has 0 radical (unpaired) electrons. The molecule has 1 aromatic rings. The van der Waals surface area contributed by atoms with Crippen molar-refractivity contribution in [2.45, 2.75) is 45.6 Å². The first kappa shape index (κ1) is 14.6. The smallest absolute Gasteiger partial charge is 0.231 e. The minimum absolute atomic E-state index is 0.000864. The van der Waals surface area contributed by atoms with Crippen molar-refractivity contribution in [3.63, 3.8) is 0 Å². The number of carbonyl (C=O) groups excluding carboxylic acids is 1. The van der Waals surface area contributed by atoms with Crippen molar-refractivity contribution in [3.8, 4) is 0 Å². The Morgan fingerprint density at radius 2 is 2.05 bits per heavy atom. The largest absolute Gasteiger partial charge is 0.342 e. The third-order valence-corrected chi connectivity index (χ3v) is 5.53. The molecule has 2 aliphatic rings. The van der Waals surface area contributed by atoms with Crippen molar-refractivity contribution in [2.24, 2.45) is 5.41 Å². The van der Waals surface area contributed by atoms with Crippen LogP contribution in [0.4, 0.5) is 0 Å². The molecular formula is C18H26N2O. The van der Waals surface area contributed by atoms with Gasteiger partial charge in [-0.2, -0.15) is 0 Å². The highest BCUT2D eigenvalue weighted by Crippen LogP contribution is 2.35. The van der Waals surface area contributed by atoms with Crippen molar-refractivity contribution in [1.82, 2.24) is 10.2 Å². The Labute approximate surface area is 127 Å². The summed E-state index contributed by atoms with van der Waals surface area (Å²) >= 11 is 0. The molecule has 1 atom stereocenters. The van der Waals surface area contributed by atoms with Crippen LogP contribution in [-0.2, 0) is 11.3 Å². The third kappa shape index (κ3) is 2.84. The molecule has 3 rings (SSSR count). The van der Waals surface area contributed by atoms with Crippen LogP contribution in [0.5, 0.6) is 0 Å². The SMILES string of the molecule is CCC1(C)CCN(C(=O)C2CNCc3ccccc32)CC1. The lowest BCUT2D eigenvalue weighted by molar-refractivity contribution is -0.135. The summed E-state index contributed by atoms with van der Waals surface area (Å²) in [5, 5.41) is 3.39. The van der Waals surface area contributed by atoms with Crippen molar-refractivity contribution >= 4 is 5.91 Å². The first-order valence-corrected chi connectivity index (χ1v) is 8.20. The van der Waals surface area contributed by atoms with Crippen LogP contribution in [-0.4, -0.2) is 30.4 Å². The van der Waals surface area contributed by atoms with E-state index in [2.05, 4.69) is 48.3 Å². The van der Waals surface area contributed by atoms with Gasteiger partial charge in [-0.25, -0.2) is 0 Å². The van der Waals surface area contributed by atoms with Gasteiger partial charge in [0.25, 0.3) is 0 Å². The minimum atomic E-state index is 0.000864. The van der Waals surface area contributed by atoms with Crippen molar-refractivity contribution in [3.05, 3.63) is 35.4 Å². The number of nitrogens with one attached hydrogen (secondary N) is 1. The van der Waals surface area contributed by atoms with Gasteiger partial charge < -0.3 is 10.2 Å². The number of amides is 1. The zero-order chi connectivity index (χ0) is 14.9. The highest BCUT2D eigenvalue weighted by atomic mass is 16.2. The van der Waals surface area contributed by atoms with E-state index >= 15 is 0 Å². The molecule has 1 N–H and O–H groups in total. The summed E-state index contributed by atoms with van der Waals surface area (Å²) in [5.41, 5.74) is 2.93. The molecule has 0 spiro atoms. The Hall–Kier alpha value is -1.35. The fourth-order valence-electron chi connectivity index (χ4n) is 3.56. The first-order valence-electron chi connectivity index (χ1n) is 8.20. The molecule has 2 heterocycles. The molecule has 0 bridgehead atoms. The Morgan fingerprint density at radius 3 is 2.76 bits per heavy atom. The van der Waals surface area contributed by atoms with Crippen LogP contribution in [0.25, 0.3) is 0 Å². The average Bonchev–Trinajstić information content (AvgIpc) is 2.54. The molecule has 1 saturated heterocycles. The van der Waals surface area contributed by atoms with Crippen molar-refractivity contribution < 1.29 is 4.79 Å². The van der Waals surface area contributed by atoms with Crippen LogP contribution in [0.3, 0.4) is 0 Å². The lowest BCUT2D eigenvalue weighted by Gasteiger charge is -2.40. The maximum atomic E-state index is 12.9. The lowest BCUT2D eigenvalue weighted by atomic mass is 9.78. The number of piperidine rings is 1. The predicted octanol–water partition coefficient (Wildman–Crippen LogP) is 2.91. The topological polar surface area (TPSA) is 32.3 Å². The summed E-state index contributed by atoms with van der Waals surface area (Å²) < 4.78 is 0. The van der Waals surface area contributed by atoms with E-state index in [1.165, 1.54) is 17.5 Å². The number of hydrogen-bond acceptors (Lipinski definition) is 2. The molecule has 21 heavy (non-hydrogen) atoms. The molecule has 1 unspecified atom stereocenters. The van der Waals surface area contributed by atoms with Crippen LogP contribution in [0.15, 0.2) is 24.3 Å². The zero-order valence-corrected chi connectivity index (χ0v) is 13.2. The van der Waals surface area contributed by atoms with Crippen LogP contribution < -0.4 is 5.32 Å². The Bertz CT molecular complexity index is 518. The van der Waals surface area contributed by atoms with E-state index in [1.54, 1.807) is 0 Å². The van der Waals surface area contributed by atoms with E-state index in [1.807, 2.05) is 0 Å². The lowest BCUT2D eigenvalue weighted by Crippen LogP contribution is -2.46.